The molecule has 1 aliphatic rings. The van der Waals surface area contributed by atoms with Crippen LogP contribution < -0.4 is 5.32 Å². The third-order valence-corrected chi connectivity index (χ3v) is 5.80. The molecule has 2 N–H and O–H groups in total. The van der Waals surface area contributed by atoms with Gasteiger partial charge in [-0.15, -0.1) is 0 Å². The smallest absolute Gasteiger partial charge is 0.322 e. The van der Waals surface area contributed by atoms with E-state index >= 15 is 0 Å². The molecule has 4 aromatic rings. The Balaban J connectivity index is 1.60. The number of carbonyl (C=O) groups excluding carboxylic acids is 1. The zero-order valence-corrected chi connectivity index (χ0v) is 16.8. The molecule has 1 aromatic heterocycles. The average Bonchev–Trinajstić information content (AvgIpc) is 3.12. The molecule has 150 valence electrons. The summed E-state index contributed by atoms with van der Waals surface area (Å²) < 4.78 is 13.6. The molecule has 0 unspecified atom stereocenters. The van der Waals surface area contributed by atoms with Gasteiger partial charge in [0.25, 0.3) is 0 Å². The fourth-order valence-electron chi connectivity index (χ4n) is 4.19. The Morgan fingerprint density at radius 3 is 2.60 bits per heavy atom. The van der Waals surface area contributed by atoms with Crippen LogP contribution in [0.2, 0.25) is 5.02 Å². The van der Waals surface area contributed by atoms with Crippen molar-refractivity contribution >= 4 is 34.2 Å². The molecule has 2 heterocycles. The molecule has 30 heavy (non-hydrogen) atoms. The highest BCUT2D eigenvalue weighted by atomic mass is 35.5. The fraction of sp³-hybridized carbons (Fsp3) is 0.125. The van der Waals surface area contributed by atoms with E-state index in [9.17, 15) is 9.18 Å². The predicted octanol–water partition coefficient (Wildman–Crippen LogP) is 6.14. The van der Waals surface area contributed by atoms with Gasteiger partial charge in [-0.05, 0) is 60.0 Å². The molecule has 0 saturated carbocycles. The second-order valence-electron chi connectivity index (χ2n) is 7.40. The molecule has 6 heteroatoms. The molecule has 3 aromatic carbocycles. The summed E-state index contributed by atoms with van der Waals surface area (Å²) in [4.78, 5) is 18.5. The summed E-state index contributed by atoms with van der Waals surface area (Å²) in [6.45, 7) is 0.535. The van der Waals surface area contributed by atoms with E-state index in [4.69, 9.17) is 11.6 Å². The van der Waals surface area contributed by atoms with Crippen LogP contribution in [0.5, 0.6) is 0 Å². The topological polar surface area (TPSA) is 48.1 Å². The number of carbonyl (C=O) groups is 1. The van der Waals surface area contributed by atoms with Crippen LogP contribution in [0.25, 0.3) is 10.9 Å². The minimum absolute atomic E-state index is 0.196. The van der Waals surface area contributed by atoms with Crippen molar-refractivity contribution in [2.75, 3.05) is 11.9 Å². The number of benzene rings is 3. The van der Waals surface area contributed by atoms with Crippen LogP contribution in [-0.4, -0.2) is 22.5 Å². The van der Waals surface area contributed by atoms with Gasteiger partial charge in [-0.3, -0.25) is 0 Å². The predicted molar refractivity (Wildman–Crippen MR) is 117 cm³/mol. The molecule has 0 saturated heterocycles. The molecule has 0 fully saturated rings. The maximum absolute atomic E-state index is 13.6. The highest BCUT2D eigenvalue weighted by Crippen LogP contribution is 2.39. The van der Waals surface area contributed by atoms with Crippen molar-refractivity contribution < 1.29 is 9.18 Å². The minimum Gasteiger partial charge on any atom is -0.356 e. The number of amides is 2. The van der Waals surface area contributed by atoms with E-state index in [2.05, 4.69) is 10.3 Å². The molecule has 0 aliphatic carbocycles. The zero-order valence-electron chi connectivity index (χ0n) is 16.0. The number of hydrogen-bond donors (Lipinski definition) is 2. The number of anilines is 1. The minimum atomic E-state index is -0.357. The first kappa shape index (κ1) is 18.7. The lowest BCUT2D eigenvalue weighted by molar-refractivity contribution is 0.193. The van der Waals surface area contributed by atoms with Gasteiger partial charge in [-0.1, -0.05) is 41.9 Å². The van der Waals surface area contributed by atoms with Crippen LogP contribution in [-0.2, 0) is 6.42 Å². The molecule has 1 atom stereocenters. The number of aromatic nitrogens is 1. The summed E-state index contributed by atoms with van der Waals surface area (Å²) in [5.41, 5.74) is 4.63. The van der Waals surface area contributed by atoms with Crippen molar-refractivity contribution in [2.24, 2.45) is 0 Å². The summed E-state index contributed by atoms with van der Waals surface area (Å²) in [6, 6.07) is 20.9. The zero-order chi connectivity index (χ0) is 20.7. The number of halogens is 2. The molecule has 0 spiro atoms. The number of fused-ring (bicyclic) bond motifs is 3. The lowest BCUT2D eigenvalue weighted by Crippen LogP contribution is -2.43. The van der Waals surface area contributed by atoms with Crippen LogP contribution in [0.1, 0.15) is 22.9 Å². The number of hydrogen-bond acceptors (Lipinski definition) is 1. The van der Waals surface area contributed by atoms with Gasteiger partial charge in [0.15, 0.2) is 0 Å². The molecule has 1 aliphatic heterocycles. The Morgan fingerprint density at radius 2 is 1.83 bits per heavy atom. The summed E-state index contributed by atoms with van der Waals surface area (Å²) in [7, 11) is 0. The van der Waals surface area contributed by atoms with Crippen LogP contribution in [0, 0.1) is 5.82 Å². The quantitative estimate of drug-likeness (QED) is 0.402. The third kappa shape index (κ3) is 3.31. The highest BCUT2D eigenvalue weighted by molar-refractivity contribution is 6.31. The number of nitrogens with zero attached hydrogens (tertiary/aromatic N) is 1. The fourth-order valence-corrected chi connectivity index (χ4v) is 4.36. The molecule has 0 radical (unpaired) electrons. The first-order chi connectivity index (χ1) is 14.6. The van der Waals surface area contributed by atoms with E-state index in [0.29, 0.717) is 18.0 Å². The number of aromatic amines is 1. The Bertz CT molecular complexity index is 1220. The molecule has 0 bridgehead atoms. The molecule has 2 amide bonds. The number of nitrogens with one attached hydrogen (secondary N) is 2. The van der Waals surface area contributed by atoms with E-state index in [-0.39, 0.29) is 17.9 Å². The number of H-pyrrole nitrogens is 1. The lowest BCUT2D eigenvalue weighted by Gasteiger charge is -2.36. The first-order valence-electron chi connectivity index (χ1n) is 9.78. The maximum Gasteiger partial charge on any atom is 0.322 e. The summed E-state index contributed by atoms with van der Waals surface area (Å²) in [5, 5.41) is 4.71. The number of para-hydroxylation sites is 1. The van der Waals surface area contributed by atoms with Crippen molar-refractivity contribution in [2.45, 2.75) is 12.5 Å². The van der Waals surface area contributed by atoms with E-state index in [0.717, 1.165) is 33.4 Å². The van der Waals surface area contributed by atoms with Crippen LogP contribution >= 0.6 is 11.6 Å². The van der Waals surface area contributed by atoms with Crippen LogP contribution in [0.15, 0.2) is 72.8 Å². The monoisotopic (exact) mass is 419 g/mol. The van der Waals surface area contributed by atoms with Gasteiger partial charge in [0.2, 0.25) is 0 Å². The third-order valence-electron chi connectivity index (χ3n) is 5.56. The first-order valence-corrected chi connectivity index (χ1v) is 10.2. The van der Waals surface area contributed by atoms with Crippen molar-refractivity contribution in [3.63, 3.8) is 0 Å². The van der Waals surface area contributed by atoms with E-state index in [1.807, 2.05) is 48.5 Å². The van der Waals surface area contributed by atoms with Gasteiger partial charge in [0.05, 0.1) is 6.04 Å². The van der Waals surface area contributed by atoms with Crippen molar-refractivity contribution in [1.82, 2.24) is 9.88 Å². The number of rotatable bonds is 2. The summed E-state index contributed by atoms with van der Waals surface area (Å²) in [6.07, 6.45) is 0.704. The van der Waals surface area contributed by atoms with Crippen LogP contribution in [0.3, 0.4) is 0 Å². The van der Waals surface area contributed by atoms with Gasteiger partial charge in [0.1, 0.15) is 5.82 Å². The van der Waals surface area contributed by atoms with Gasteiger partial charge < -0.3 is 15.2 Å². The Kier molecular flexibility index (Phi) is 4.68. The Morgan fingerprint density at radius 1 is 1.07 bits per heavy atom. The van der Waals surface area contributed by atoms with Gasteiger partial charge in [-0.2, -0.15) is 0 Å². The SMILES string of the molecule is O=C(Nc1ccccc1)N1CCc2c([nH]c3ccc(Cl)cc23)[C@H]1c1ccc(F)cc1. The maximum atomic E-state index is 13.6. The standard InChI is InChI=1S/C24H19ClFN3O/c25-16-8-11-21-20(14-16)19-12-13-29(24(30)27-18-4-2-1-3-5-18)23(22(19)28-21)15-6-9-17(26)10-7-15/h1-11,14,23,28H,12-13H2,(H,27,30)/t23-/m1/s1. The summed E-state index contributed by atoms with van der Waals surface area (Å²) in [5.74, 6) is -0.307. The van der Waals surface area contributed by atoms with Gasteiger partial charge in [-0.25, -0.2) is 9.18 Å². The largest absolute Gasteiger partial charge is 0.356 e. The van der Waals surface area contributed by atoms with E-state index in [1.54, 1.807) is 17.0 Å². The van der Waals surface area contributed by atoms with E-state index in [1.165, 1.54) is 12.1 Å². The Labute approximate surface area is 178 Å². The van der Waals surface area contributed by atoms with Crippen molar-refractivity contribution in [3.05, 3.63) is 100 Å². The highest BCUT2D eigenvalue weighted by Gasteiger charge is 2.34. The second kappa shape index (κ2) is 7.50. The van der Waals surface area contributed by atoms with Crippen LogP contribution in [0.4, 0.5) is 14.9 Å². The van der Waals surface area contributed by atoms with Crippen molar-refractivity contribution in [1.29, 1.82) is 0 Å². The molecular formula is C24H19ClFN3O. The van der Waals surface area contributed by atoms with E-state index < -0.39 is 0 Å². The molecule has 4 nitrogen and oxygen atoms in total. The Hall–Kier alpha value is -3.31. The lowest BCUT2D eigenvalue weighted by atomic mass is 9.92. The van der Waals surface area contributed by atoms with Crippen molar-refractivity contribution in [3.8, 4) is 0 Å². The average molecular weight is 420 g/mol. The van der Waals surface area contributed by atoms with Gasteiger partial charge in [0, 0.05) is 33.9 Å². The van der Waals surface area contributed by atoms with Gasteiger partial charge >= 0.3 is 6.03 Å². The normalized spacial score (nSPS) is 15.8. The second-order valence-corrected chi connectivity index (χ2v) is 7.84. The summed E-state index contributed by atoms with van der Waals surface area (Å²) >= 11 is 6.23. The number of urea groups is 1. The molecule has 5 rings (SSSR count). The molecular weight excluding hydrogens is 401 g/mol.